The molecule has 5 heteroatoms. The average Bonchev–Trinajstić information content (AvgIpc) is 2.43. The number of thioether (sulfide) groups is 1. The van der Waals surface area contributed by atoms with Crippen molar-refractivity contribution in [2.24, 2.45) is 0 Å². The van der Waals surface area contributed by atoms with Crippen LogP contribution in [0.15, 0.2) is 53.4 Å². The number of halogens is 1. The van der Waals surface area contributed by atoms with E-state index in [2.05, 4.69) is 5.32 Å². The Balaban J connectivity index is 2.00. The highest BCUT2D eigenvalue weighted by atomic mass is 32.2. The second kappa shape index (κ2) is 6.43. The van der Waals surface area contributed by atoms with Gasteiger partial charge in [-0.1, -0.05) is 18.2 Å². The first-order chi connectivity index (χ1) is 9.56. The third-order valence-corrected chi connectivity index (χ3v) is 3.88. The fourth-order valence-corrected chi connectivity index (χ4v) is 2.52. The van der Waals surface area contributed by atoms with Crippen LogP contribution in [0.25, 0.3) is 0 Å². The van der Waals surface area contributed by atoms with Crippen molar-refractivity contribution in [1.82, 2.24) is 0 Å². The maximum atomic E-state index is 13.0. The predicted octanol–water partition coefficient (Wildman–Crippen LogP) is 3.53. The monoisotopic (exact) mass is 290 g/mol. The molecule has 2 aromatic rings. The standard InChI is InChI=1S/C15H15FN2OS/c1-10(15(19)18-12-5-3-2-4-6-12)20-14-8-7-11(16)9-13(14)17/h2-10H,17H2,1H3,(H,18,19). The lowest BCUT2D eigenvalue weighted by Crippen LogP contribution is -2.22. The average molecular weight is 290 g/mol. The van der Waals surface area contributed by atoms with E-state index in [1.165, 1.54) is 23.9 Å². The van der Waals surface area contributed by atoms with Crippen LogP contribution in [-0.4, -0.2) is 11.2 Å². The lowest BCUT2D eigenvalue weighted by molar-refractivity contribution is -0.115. The summed E-state index contributed by atoms with van der Waals surface area (Å²) in [6, 6.07) is 13.4. The van der Waals surface area contributed by atoms with E-state index >= 15 is 0 Å². The van der Waals surface area contributed by atoms with Crippen LogP contribution < -0.4 is 11.1 Å². The minimum Gasteiger partial charge on any atom is -0.398 e. The Morgan fingerprint density at radius 2 is 1.95 bits per heavy atom. The molecule has 1 unspecified atom stereocenters. The van der Waals surface area contributed by atoms with Crippen molar-refractivity contribution >= 4 is 29.0 Å². The summed E-state index contributed by atoms with van der Waals surface area (Å²) in [4.78, 5) is 12.7. The molecule has 1 atom stereocenters. The molecule has 0 radical (unpaired) electrons. The molecule has 3 N–H and O–H groups in total. The minimum atomic E-state index is -0.381. The Hall–Kier alpha value is -2.01. The Morgan fingerprint density at radius 3 is 2.60 bits per heavy atom. The highest BCUT2D eigenvalue weighted by Gasteiger charge is 2.16. The van der Waals surface area contributed by atoms with Gasteiger partial charge in [0.25, 0.3) is 0 Å². The normalized spacial score (nSPS) is 11.9. The van der Waals surface area contributed by atoms with Crippen LogP contribution in [-0.2, 0) is 4.79 Å². The largest absolute Gasteiger partial charge is 0.398 e. The fraction of sp³-hybridized carbons (Fsp3) is 0.133. The van der Waals surface area contributed by atoms with E-state index in [1.807, 2.05) is 30.3 Å². The van der Waals surface area contributed by atoms with Crippen molar-refractivity contribution in [2.45, 2.75) is 17.1 Å². The number of nitrogen functional groups attached to an aromatic ring is 1. The summed E-state index contributed by atoms with van der Waals surface area (Å²) in [5, 5.41) is 2.49. The molecule has 2 aromatic carbocycles. The van der Waals surface area contributed by atoms with Crippen LogP contribution in [0.3, 0.4) is 0 Å². The van der Waals surface area contributed by atoms with Crippen molar-refractivity contribution in [2.75, 3.05) is 11.1 Å². The molecule has 0 aromatic heterocycles. The Labute approximate surface area is 121 Å². The lowest BCUT2D eigenvalue weighted by Gasteiger charge is -2.13. The molecule has 20 heavy (non-hydrogen) atoms. The highest BCUT2D eigenvalue weighted by Crippen LogP contribution is 2.29. The van der Waals surface area contributed by atoms with Crippen LogP contribution in [0.1, 0.15) is 6.92 Å². The zero-order valence-corrected chi connectivity index (χ0v) is 11.8. The molecule has 104 valence electrons. The molecular formula is C15H15FN2OS. The summed E-state index contributed by atoms with van der Waals surface area (Å²) < 4.78 is 13.0. The van der Waals surface area contributed by atoms with Crippen molar-refractivity contribution < 1.29 is 9.18 Å². The zero-order valence-electron chi connectivity index (χ0n) is 11.0. The van der Waals surface area contributed by atoms with Crippen LogP contribution in [0.4, 0.5) is 15.8 Å². The first-order valence-corrected chi connectivity index (χ1v) is 7.02. The van der Waals surface area contributed by atoms with Crippen LogP contribution in [0.5, 0.6) is 0 Å². The first kappa shape index (κ1) is 14.4. The van der Waals surface area contributed by atoms with E-state index in [1.54, 1.807) is 13.0 Å². The van der Waals surface area contributed by atoms with E-state index < -0.39 is 0 Å². The molecule has 3 nitrogen and oxygen atoms in total. The fourth-order valence-electron chi connectivity index (χ4n) is 1.64. The summed E-state index contributed by atoms with van der Waals surface area (Å²) in [5.41, 5.74) is 6.82. The summed E-state index contributed by atoms with van der Waals surface area (Å²) in [6.07, 6.45) is 0. The van der Waals surface area contributed by atoms with Gasteiger partial charge in [0, 0.05) is 16.3 Å². The first-order valence-electron chi connectivity index (χ1n) is 6.14. The van der Waals surface area contributed by atoms with Crippen molar-refractivity contribution in [3.63, 3.8) is 0 Å². The molecule has 0 saturated heterocycles. The number of benzene rings is 2. The molecule has 0 spiro atoms. The van der Waals surface area contributed by atoms with Gasteiger partial charge in [0.15, 0.2) is 0 Å². The lowest BCUT2D eigenvalue weighted by atomic mass is 10.3. The Kier molecular flexibility index (Phi) is 4.63. The number of carbonyl (C=O) groups is 1. The molecule has 1 amide bonds. The maximum Gasteiger partial charge on any atom is 0.237 e. The Morgan fingerprint density at radius 1 is 1.25 bits per heavy atom. The highest BCUT2D eigenvalue weighted by molar-refractivity contribution is 8.00. The van der Waals surface area contributed by atoms with Crippen molar-refractivity contribution in [3.8, 4) is 0 Å². The molecule has 0 aliphatic carbocycles. The molecule has 0 heterocycles. The second-order valence-corrected chi connectivity index (χ2v) is 5.68. The molecule has 0 aliphatic rings. The van der Waals surface area contributed by atoms with Gasteiger partial charge in [0.1, 0.15) is 5.82 Å². The molecule has 0 bridgehead atoms. The smallest absolute Gasteiger partial charge is 0.237 e. The van der Waals surface area contributed by atoms with Gasteiger partial charge in [0.2, 0.25) is 5.91 Å². The Bertz CT molecular complexity index is 604. The van der Waals surface area contributed by atoms with E-state index in [0.29, 0.717) is 10.6 Å². The van der Waals surface area contributed by atoms with Crippen LogP contribution in [0.2, 0.25) is 0 Å². The number of nitrogens with two attached hydrogens (primary N) is 1. The van der Waals surface area contributed by atoms with Gasteiger partial charge in [-0.2, -0.15) is 0 Å². The number of rotatable bonds is 4. The topological polar surface area (TPSA) is 55.1 Å². The molecule has 0 aliphatic heterocycles. The van der Waals surface area contributed by atoms with Crippen molar-refractivity contribution in [1.29, 1.82) is 0 Å². The van der Waals surface area contributed by atoms with Gasteiger partial charge in [0.05, 0.1) is 5.25 Å². The van der Waals surface area contributed by atoms with E-state index in [-0.39, 0.29) is 17.0 Å². The van der Waals surface area contributed by atoms with E-state index in [4.69, 9.17) is 5.73 Å². The van der Waals surface area contributed by atoms with Gasteiger partial charge in [-0.15, -0.1) is 11.8 Å². The molecule has 0 fully saturated rings. The van der Waals surface area contributed by atoms with E-state index in [0.717, 1.165) is 5.69 Å². The maximum absolute atomic E-state index is 13.0. The van der Waals surface area contributed by atoms with Gasteiger partial charge in [-0.05, 0) is 37.3 Å². The van der Waals surface area contributed by atoms with Crippen LogP contribution in [0, 0.1) is 5.82 Å². The summed E-state index contributed by atoms with van der Waals surface area (Å²) >= 11 is 1.30. The molecular weight excluding hydrogens is 275 g/mol. The third-order valence-electron chi connectivity index (χ3n) is 2.69. The SMILES string of the molecule is CC(Sc1ccc(F)cc1N)C(=O)Nc1ccccc1. The number of amides is 1. The molecule has 0 saturated carbocycles. The number of hydrogen-bond donors (Lipinski definition) is 2. The number of carbonyl (C=O) groups excluding carboxylic acids is 1. The molecule has 2 rings (SSSR count). The summed E-state index contributed by atoms with van der Waals surface area (Å²) in [6.45, 7) is 1.78. The van der Waals surface area contributed by atoms with Gasteiger partial charge < -0.3 is 11.1 Å². The predicted molar refractivity (Wildman–Crippen MR) is 81.2 cm³/mol. The van der Waals surface area contributed by atoms with Crippen LogP contribution >= 0.6 is 11.8 Å². The third kappa shape index (κ3) is 3.74. The van der Waals surface area contributed by atoms with E-state index in [9.17, 15) is 9.18 Å². The van der Waals surface area contributed by atoms with Crippen molar-refractivity contribution in [3.05, 3.63) is 54.3 Å². The summed E-state index contributed by atoms with van der Waals surface area (Å²) in [7, 11) is 0. The quantitative estimate of drug-likeness (QED) is 0.669. The zero-order chi connectivity index (χ0) is 14.5. The summed E-state index contributed by atoms with van der Waals surface area (Å²) in [5.74, 6) is -0.502. The minimum absolute atomic E-state index is 0.120. The van der Waals surface area contributed by atoms with Gasteiger partial charge in [-0.25, -0.2) is 4.39 Å². The number of para-hydroxylation sites is 1. The number of anilines is 2. The second-order valence-electron chi connectivity index (χ2n) is 4.30. The number of nitrogens with one attached hydrogen (secondary N) is 1. The number of hydrogen-bond acceptors (Lipinski definition) is 3. The van der Waals surface area contributed by atoms with Gasteiger partial charge >= 0.3 is 0 Å². The van der Waals surface area contributed by atoms with Gasteiger partial charge in [-0.3, -0.25) is 4.79 Å².